The van der Waals surface area contributed by atoms with Gasteiger partial charge in [0.1, 0.15) is 0 Å². The molecule has 0 radical (unpaired) electrons. The highest BCUT2D eigenvalue weighted by Crippen LogP contribution is 2.56. The lowest BCUT2D eigenvalue weighted by molar-refractivity contribution is 0.568. The third kappa shape index (κ3) is 13.1. The van der Waals surface area contributed by atoms with Crippen LogP contribution >= 0.6 is 0 Å². The molecule has 0 fully saturated rings. The number of benzene rings is 13. The first-order valence-corrected chi connectivity index (χ1v) is 41.3. The SMILES string of the molecule is [C-]#[N+]c1ccc(-c2cc(C(C)(C)C)cc(-c3cc(C(C)(C)C)cc(C(C)(C)C)c3)c2C2c3cc(-n4c5ccccc5c5ccccc54)ccc3B3c4ccc(-n5c6ccccc6c6ccccc65)cc4N(c4c(-c5ccc(C#N)cc5)cc(C(C)(C)C)cc4-c4cc(C(C)(C)C)cc(C(C)(C)C)c4)c4cc(C(C)(C)C)cc2c43)cc1. The van der Waals surface area contributed by atoms with Crippen LogP contribution in [-0.2, 0) is 37.9 Å². The number of fused-ring (bicyclic) bond motifs is 10. The summed E-state index contributed by atoms with van der Waals surface area (Å²) in [6.45, 7) is 57.8. The van der Waals surface area contributed by atoms with Crippen LogP contribution in [0, 0.1) is 17.9 Å². The van der Waals surface area contributed by atoms with Crippen LogP contribution in [0.4, 0.5) is 22.7 Å². The molecular weight excluding hydrogens is 1390 g/mol. The molecule has 1 unspecified atom stereocenters. The molecule has 2 aromatic heterocycles. The van der Waals surface area contributed by atoms with E-state index >= 15 is 0 Å². The third-order valence-corrected chi connectivity index (χ3v) is 25.0. The highest BCUT2D eigenvalue weighted by atomic mass is 15.2. The molecule has 17 rings (SSSR count). The average molecular weight is 1500 g/mol. The van der Waals surface area contributed by atoms with Crippen LogP contribution in [0.1, 0.15) is 213 Å². The van der Waals surface area contributed by atoms with Crippen molar-refractivity contribution in [2.45, 2.75) is 189 Å². The van der Waals surface area contributed by atoms with E-state index in [0.29, 0.717) is 11.3 Å². The third-order valence-electron chi connectivity index (χ3n) is 25.0. The summed E-state index contributed by atoms with van der Waals surface area (Å²) in [4.78, 5) is 6.79. The summed E-state index contributed by atoms with van der Waals surface area (Å²) in [5, 5.41) is 15.5. The number of aromatic nitrogens is 2. The van der Waals surface area contributed by atoms with Gasteiger partial charge in [0.25, 0.3) is 0 Å². The molecule has 0 bridgehead atoms. The molecule has 4 heterocycles. The number of rotatable bonds is 8. The first kappa shape index (κ1) is 76.0. The number of nitrogens with zero attached hydrogens (tertiary/aromatic N) is 5. The lowest BCUT2D eigenvalue weighted by Crippen LogP contribution is -2.62. The predicted octanol–water partition coefficient (Wildman–Crippen LogP) is 27.8. The molecule has 115 heavy (non-hydrogen) atoms. The van der Waals surface area contributed by atoms with Gasteiger partial charge in [0.15, 0.2) is 5.69 Å². The molecule has 570 valence electrons. The molecule has 0 aliphatic carbocycles. The lowest BCUT2D eigenvalue weighted by Gasteiger charge is -2.45. The normalized spacial score (nSPS) is 14.0. The van der Waals surface area contributed by atoms with Crippen LogP contribution in [0.15, 0.2) is 255 Å². The molecule has 2 aliphatic rings. The Morgan fingerprint density at radius 3 is 1.11 bits per heavy atom. The monoisotopic (exact) mass is 1500 g/mol. The summed E-state index contributed by atoms with van der Waals surface area (Å²) >= 11 is 0. The Balaban J connectivity index is 1.11. The topological polar surface area (TPSA) is 41.2 Å². The maximum absolute atomic E-state index is 10.7. The molecule has 0 N–H and O–H groups in total. The molecule has 0 saturated carbocycles. The Morgan fingerprint density at radius 2 is 0.687 bits per heavy atom. The second-order valence-electron chi connectivity index (χ2n) is 40.1. The van der Waals surface area contributed by atoms with Crippen molar-refractivity contribution in [2.75, 3.05) is 4.90 Å². The summed E-state index contributed by atoms with van der Waals surface area (Å²) in [6.07, 6.45) is 0. The molecule has 0 amide bonds. The molecule has 13 aromatic carbocycles. The van der Waals surface area contributed by atoms with Crippen molar-refractivity contribution >= 4 is 89.5 Å². The zero-order valence-electron chi connectivity index (χ0n) is 71.1. The number of para-hydroxylation sites is 4. The fraction of sp³-hybridized carbons (Fsp3) is 0.266. The first-order chi connectivity index (χ1) is 54.3. The standard InChI is InChI=1S/C109H106BN5/c1-103(2,3)71-51-69(52-72(55-71)104(4,5)6)86-58-75(107(13,14)15)57-85(67-43-45-78(112-22)46-44-67)99(86)100-89-63-79(113-93-35-27-23-31-81(93)82-32-24-28-36-94(82)113)47-49-91(89)110-92-50-48-80(114-95-37-29-25-33-83(95)84-34-26-30-38-96(84)114)64-97(92)115(98-62-77(109(19,20)21)61-90(100)101(98)110)102-87(68-41-39-66(65-111)40-42-68)59-76(108(16,17)18)60-88(102)70-53-73(105(7,8)9)56-74(54-70)106(10,11)12/h23-64,100H,1-21H3. The van der Waals surface area contributed by atoms with Gasteiger partial charge >= 0.3 is 0 Å². The average Bonchev–Trinajstić information content (AvgIpc) is 0.877. The number of hydrogen-bond acceptors (Lipinski definition) is 2. The highest BCUT2D eigenvalue weighted by Gasteiger charge is 2.48. The van der Waals surface area contributed by atoms with Gasteiger partial charge in [-0.2, -0.15) is 5.26 Å². The van der Waals surface area contributed by atoms with Gasteiger partial charge in [-0.3, -0.25) is 0 Å². The Labute approximate surface area is 682 Å². The van der Waals surface area contributed by atoms with E-state index in [4.69, 9.17) is 6.57 Å². The summed E-state index contributed by atoms with van der Waals surface area (Å²) in [5.74, 6) is -0.412. The molecule has 2 aliphatic heterocycles. The summed E-state index contributed by atoms with van der Waals surface area (Å²) in [5.41, 5.74) is 34.7. The Bertz CT molecular complexity index is 6020. The van der Waals surface area contributed by atoms with Crippen molar-refractivity contribution in [3.63, 3.8) is 0 Å². The molecule has 1 atom stereocenters. The van der Waals surface area contributed by atoms with Gasteiger partial charge in [0, 0.05) is 61.3 Å². The number of hydrogen-bond donors (Lipinski definition) is 0. The van der Waals surface area contributed by atoms with E-state index < -0.39 is 11.3 Å². The van der Waals surface area contributed by atoms with Gasteiger partial charge in [0.05, 0.1) is 46.0 Å². The second kappa shape index (κ2) is 27.0. The quantitative estimate of drug-likeness (QED) is 0.112. The minimum Gasteiger partial charge on any atom is -0.310 e. The van der Waals surface area contributed by atoms with Crippen LogP contribution in [0.5, 0.6) is 0 Å². The Morgan fingerprint density at radius 1 is 0.330 bits per heavy atom. The van der Waals surface area contributed by atoms with Gasteiger partial charge in [0.2, 0.25) is 6.71 Å². The van der Waals surface area contributed by atoms with Crippen LogP contribution in [0.2, 0.25) is 0 Å². The van der Waals surface area contributed by atoms with Crippen molar-refractivity contribution in [1.29, 1.82) is 5.26 Å². The molecule has 5 nitrogen and oxygen atoms in total. The van der Waals surface area contributed by atoms with Crippen molar-refractivity contribution in [3.05, 3.63) is 327 Å². The van der Waals surface area contributed by atoms with Crippen molar-refractivity contribution in [3.8, 4) is 62.0 Å². The van der Waals surface area contributed by atoms with Gasteiger partial charge in [-0.1, -0.05) is 327 Å². The van der Waals surface area contributed by atoms with Gasteiger partial charge < -0.3 is 14.0 Å². The summed E-state index contributed by atoms with van der Waals surface area (Å²) in [7, 11) is 0. The molecule has 6 heteroatoms. The van der Waals surface area contributed by atoms with E-state index in [9.17, 15) is 5.26 Å². The largest absolute Gasteiger partial charge is 0.310 e. The van der Waals surface area contributed by atoms with E-state index in [-0.39, 0.29) is 39.2 Å². The zero-order chi connectivity index (χ0) is 81.3. The molecule has 15 aromatic rings. The zero-order valence-corrected chi connectivity index (χ0v) is 71.1. The highest BCUT2D eigenvalue weighted by molar-refractivity contribution is 6.99. The maximum Gasteiger partial charge on any atom is 0.247 e. The lowest BCUT2D eigenvalue weighted by atomic mass is 9.31. The summed E-state index contributed by atoms with van der Waals surface area (Å²) < 4.78 is 5.02. The van der Waals surface area contributed by atoms with E-state index in [1.54, 1.807) is 0 Å². The number of anilines is 3. The number of nitriles is 1. The first-order valence-electron chi connectivity index (χ1n) is 41.3. The van der Waals surface area contributed by atoms with Gasteiger partial charge in [-0.15, -0.1) is 0 Å². The van der Waals surface area contributed by atoms with Crippen molar-refractivity contribution in [1.82, 2.24) is 9.13 Å². The van der Waals surface area contributed by atoms with Crippen LogP contribution in [0.25, 0.3) is 104 Å². The van der Waals surface area contributed by atoms with Crippen molar-refractivity contribution in [2.24, 2.45) is 0 Å². The van der Waals surface area contributed by atoms with E-state index in [1.807, 2.05) is 24.3 Å². The Hall–Kier alpha value is -11.7. The Kier molecular flexibility index (Phi) is 17.8. The fourth-order valence-electron chi connectivity index (χ4n) is 18.2. The second-order valence-corrected chi connectivity index (χ2v) is 40.1. The predicted molar refractivity (Wildman–Crippen MR) is 492 cm³/mol. The van der Waals surface area contributed by atoms with Gasteiger partial charge in [-0.25, -0.2) is 4.85 Å². The summed E-state index contributed by atoms with van der Waals surface area (Å²) in [6, 6.07) is 101. The fourth-order valence-corrected chi connectivity index (χ4v) is 18.2. The van der Waals surface area contributed by atoms with Crippen molar-refractivity contribution < 1.29 is 0 Å². The van der Waals surface area contributed by atoms with Crippen LogP contribution in [-0.4, -0.2) is 15.8 Å². The molecule has 0 saturated heterocycles. The van der Waals surface area contributed by atoms with Crippen LogP contribution < -0.4 is 21.3 Å². The van der Waals surface area contributed by atoms with Gasteiger partial charge in [-0.05, 0) is 217 Å². The maximum atomic E-state index is 10.7. The van der Waals surface area contributed by atoms with E-state index in [2.05, 4.69) is 401 Å². The molecular formula is C109H106BN5. The van der Waals surface area contributed by atoms with E-state index in [0.717, 1.165) is 83.9 Å². The molecule has 0 spiro atoms. The van der Waals surface area contributed by atoms with Crippen LogP contribution in [0.3, 0.4) is 0 Å². The minimum atomic E-state index is -0.412. The van der Waals surface area contributed by atoms with E-state index in [1.165, 1.54) is 105 Å². The smallest absolute Gasteiger partial charge is 0.247 e. The minimum absolute atomic E-state index is 0.195.